The number of carbonyl (C=O) groups excluding carboxylic acids is 3. The van der Waals surface area contributed by atoms with Gasteiger partial charge in [0.05, 0.1) is 31.2 Å². The molecule has 0 aliphatic carbocycles. The first-order valence-electron chi connectivity index (χ1n) is 9.53. The Kier molecular flexibility index (Phi) is 13.1. The summed E-state index contributed by atoms with van der Waals surface area (Å²) in [5.74, 6) is -0.995. The van der Waals surface area contributed by atoms with E-state index in [4.69, 9.17) is 14.2 Å². The molecule has 28 heavy (non-hydrogen) atoms. The van der Waals surface area contributed by atoms with Crippen molar-refractivity contribution in [2.45, 2.75) is 40.2 Å². The number of hydrogen-bond donors (Lipinski definition) is 2. The van der Waals surface area contributed by atoms with Crippen molar-refractivity contribution in [3.8, 4) is 0 Å². The van der Waals surface area contributed by atoms with E-state index in [0.717, 1.165) is 6.54 Å². The van der Waals surface area contributed by atoms with Gasteiger partial charge in [-0.15, -0.1) is 11.8 Å². The van der Waals surface area contributed by atoms with Crippen LogP contribution in [-0.2, 0) is 28.6 Å². The highest BCUT2D eigenvalue weighted by Crippen LogP contribution is 2.21. The van der Waals surface area contributed by atoms with Crippen molar-refractivity contribution in [3.05, 3.63) is 0 Å². The molecule has 0 fully saturated rings. The number of thioether (sulfide) groups is 1. The van der Waals surface area contributed by atoms with Crippen LogP contribution in [0.4, 0.5) is 0 Å². The van der Waals surface area contributed by atoms with Crippen LogP contribution < -0.4 is 4.90 Å². The molecule has 0 spiro atoms. The van der Waals surface area contributed by atoms with E-state index in [1.807, 2.05) is 21.0 Å². The number of hydrogen-bond acceptors (Lipinski definition) is 8. The first kappa shape index (κ1) is 26.7. The highest BCUT2D eigenvalue weighted by atomic mass is 32.2. The molecule has 0 radical (unpaired) electrons. The van der Waals surface area contributed by atoms with Gasteiger partial charge in [0.1, 0.15) is 32.5 Å². The standard InChI is InChI=1S/C19H35NO7S/c1-7-19(3,4)18(24)27-11-15(21)10-26-16(22)13-28-12-14(2)17(23)25-9-8-20(5)6/h14-15,21H,7-13H2,1-6H3/p+1. The zero-order valence-corrected chi connectivity index (χ0v) is 18.7. The molecule has 0 aromatic heterocycles. The van der Waals surface area contributed by atoms with Crippen molar-refractivity contribution < 1.29 is 38.6 Å². The van der Waals surface area contributed by atoms with Crippen LogP contribution in [0.3, 0.4) is 0 Å². The number of quaternary nitrogens is 1. The maximum Gasteiger partial charge on any atom is 0.315 e. The third kappa shape index (κ3) is 12.2. The van der Waals surface area contributed by atoms with Gasteiger partial charge in [-0.25, -0.2) is 0 Å². The molecule has 0 bridgehead atoms. The Hall–Kier alpha value is -1.32. The van der Waals surface area contributed by atoms with Crippen molar-refractivity contribution in [1.82, 2.24) is 0 Å². The van der Waals surface area contributed by atoms with Gasteiger partial charge in [0.15, 0.2) is 0 Å². The summed E-state index contributed by atoms with van der Waals surface area (Å²) in [6.07, 6.45) is -0.449. The summed E-state index contributed by atoms with van der Waals surface area (Å²) in [5, 5.41) is 9.77. The molecule has 8 nitrogen and oxygen atoms in total. The Bertz CT molecular complexity index is 497. The van der Waals surface area contributed by atoms with E-state index in [1.54, 1.807) is 20.8 Å². The smallest absolute Gasteiger partial charge is 0.315 e. The van der Waals surface area contributed by atoms with Gasteiger partial charge < -0.3 is 24.2 Å². The zero-order valence-electron chi connectivity index (χ0n) is 17.9. The van der Waals surface area contributed by atoms with Crippen LogP contribution >= 0.6 is 11.8 Å². The lowest BCUT2D eigenvalue weighted by Gasteiger charge is -2.21. The van der Waals surface area contributed by atoms with E-state index >= 15 is 0 Å². The second kappa shape index (κ2) is 13.8. The molecule has 0 saturated carbocycles. The molecule has 0 aliphatic rings. The van der Waals surface area contributed by atoms with Crippen molar-refractivity contribution in [3.63, 3.8) is 0 Å². The third-order valence-corrected chi connectivity index (χ3v) is 5.29. The van der Waals surface area contributed by atoms with Gasteiger partial charge in [0, 0.05) is 5.75 Å². The number of likely N-dealkylation sites (N-methyl/N-ethyl adjacent to an activating group) is 1. The molecule has 0 aromatic carbocycles. The average molecular weight is 423 g/mol. The second-order valence-electron chi connectivity index (χ2n) is 7.71. The molecule has 0 aliphatic heterocycles. The van der Waals surface area contributed by atoms with Crippen molar-refractivity contribution in [1.29, 1.82) is 0 Å². The molecular weight excluding hydrogens is 386 g/mol. The monoisotopic (exact) mass is 422 g/mol. The van der Waals surface area contributed by atoms with E-state index in [9.17, 15) is 19.5 Å². The van der Waals surface area contributed by atoms with Crippen LogP contribution in [0.25, 0.3) is 0 Å². The maximum absolute atomic E-state index is 11.8. The highest BCUT2D eigenvalue weighted by Gasteiger charge is 2.27. The van der Waals surface area contributed by atoms with E-state index in [0.29, 0.717) is 18.8 Å². The Labute approximate surface area is 172 Å². The van der Waals surface area contributed by atoms with Gasteiger partial charge >= 0.3 is 17.9 Å². The minimum absolute atomic E-state index is 0.0643. The molecule has 0 aromatic rings. The number of aliphatic hydroxyl groups is 1. The summed E-state index contributed by atoms with van der Waals surface area (Å²) < 4.78 is 15.2. The SMILES string of the molecule is CCC(C)(C)C(=O)OCC(O)COC(=O)CSCC(C)C(=O)OCC[NH+](C)C. The van der Waals surface area contributed by atoms with Crippen LogP contribution in [0, 0.1) is 11.3 Å². The molecule has 164 valence electrons. The number of ether oxygens (including phenoxy) is 3. The molecular formula is C19H36NO7S+. The van der Waals surface area contributed by atoms with Crippen molar-refractivity contribution >= 4 is 29.7 Å². The fourth-order valence-corrected chi connectivity index (χ4v) is 2.53. The minimum Gasteiger partial charge on any atom is -0.462 e. The predicted molar refractivity (Wildman–Crippen MR) is 107 cm³/mol. The van der Waals surface area contributed by atoms with Gasteiger partial charge in [-0.2, -0.15) is 0 Å². The topological polar surface area (TPSA) is 104 Å². The van der Waals surface area contributed by atoms with Crippen LogP contribution in [0.15, 0.2) is 0 Å². The fraction of sp³-hybridized carbons (Fsp3) is 0.842. The van der Waals surface area contributed by atoms with Gasteiger partial charge in [-0.3, -0.25) is 14.4 Å². The average Bonchev–Trinajstić information content (AvgIpc) is 2.63. The molecule has 0 amide bonds. The van der Waals surface area contributed by atoms with Crippen molar-refractivity contribution in [2.75, 3.05) is 52.0 Å². The lowest BCUT2D eigenvalue weighted by atomic mass is 9.91. The summed E-state index contributed by atoms with van der Waals surface area (Å²) in [6.45, 7) is 7.80. The Balaban J connectivity index is 3.92. The van der Waals surface area contributed by atoms with Crippen LogP contribution in [-0.4, -0.2) is 81.1 Å². The molecule has 2 N–H and O–H groups in total. The summed E-state index contributed by atoms with van der Waals surface area (Å²) in [7, 11) is 3.96. The number of carbonyl (C=O) groups is 3. The molecule has 0 heterocycles. The van der Waals surface area contributed by atoms with Gasteiger partial charge in [-0.1, -0.05) is 13.8 Å². The van der Waals surface area contributed by atoms with Gasteiger partial charge in [0.2, 0.25) is 0 Å². The second-order valence-corrected chi connectivity index (χ2v) is 8.74. The van der Waals surface area contributed by atoms with Crippen molar-refractivity contribution in [2.24, 2.45) is 11.3 Å². The minimum atomic E-state index is -1.07. The first-order chi connectivity index (χ1) is 13.0. The number of aliphatic hydroxyl groups excluding tert-OH is 1. The Morgan fingerprint density at radius 1 is 1.11 bits per heavy atom. The number of rotatable bonds is 14. The molecule has 9 heteroatoms. The highest BCUT2D eigenvalue weighted by molar-refractivity contribution is 7.99. The quantitative estimate of drug-likeness (QED) is 0.296. The third-order valence-electron chi connectivity index (χ3n) is 4.12. The van der Waals surface area contributed by atoms with Crippen LogP contribution in [0.2, 0.25) is 0 Å². The van der Waals surface area contributed by atoms with E-state index in [1.165, 1.54) is 16.7 Å². The first-order valence-corrected chi connectivity index (χ1v) is 10.7. The van der Waals surface area contributed by atoms with Crippen LogP contribution in [0.1, 0.15) is 34.1 Å². The molecule has 2 unspecified atom stereocenters. The van der Waals surface area contributed by atoms with E-state index in [-0.39, 0.29) is 30.9 Å². The normalized spacial score (nSPS) is 13.7. The molecule has 0 rings (SSSR count). The number of esters is 3. The largest absolute Gasteiger partial charge is 0.462 e. The Morgan fingerprint density at radius 3 is 2.29 bits per heavy atom. The van der Waals surface area contributed by atoms with E-state index < -0.39 is 23.5 Å². The lowest BCUT2D eigenvalue weighted by Crippen LogP contribution is -3.06. The molecule has 0 saturated heterocycles. The van der Waals surface area contributed by atoms with Crippen LogP contribution in [0.5, 0.6) is 0 Å². The summed E-state index contributed by atoms with van der Waals surface area (Å²) >= 11 is 1.27. The zero-order chi connectivity index (χ0) is 21.7. The molecule has 2 atom stereocenters. The fourth-order valence-electron chi connectivity index (χ4n) is 1.68. The predicted octanol–water partition coefficient (Wildman–Crippen LogP) is -0.0731. The number of nitrogens with one attached hydrogen (secondary N) is 1. The van der Waals surface area contributed by atoms with Gasteiger partial charge in [-0.05, 0) is 20.3 Å². The lowest BCUT2D eigenvalue weighted by molar-refractivity contribution is -0.858. The summed E-state index contributed by atoms with van der Waals surface area (Å²) in [6, 6.07) is 0. The summed E-state index contributed by atoms with van der Waals surface area (Å²) in [5.41, 5.74) is -0.613. The van der Waals surface area contributed by atoms with Gasteiger partial charge in [0.25, 0.3) is 0 Å². The Morgan fingerprint density at radius 2 is 1.71 bits per heavy atom. The van der Waals surface area contributed by atoms with E-state index in [2.05, 4.69) is 0 Å². The summed E-state index contributed by atoms with van der Waals surface area (Å²) in [4.78, 5) is 36.5. The maximum atomic E-state index is 11.8.